The minimum absolute atomic E-state index is 0.175. The molecular formula is C9H12N4O. The van der Waals surface area contributed by atoms with E-state index in [1.807, 2.05) is 6.07 Å². The first-order valence-corrected chi connectivity index (χ1v) is 4.30. The Kier molecular flexibility index (Phi) is 3.24. The minimum atomic E-state index is -0.175. The van der Waals surface area contributed by atoms with Crippen LogP contribution in [0.5, 0.6) is 0 Å². The van der Waals surface area contributed by atoms with Gasteiger partial charge >= 0.3 is 0 Å². The number of hydrogen-bond acceptors (Lipinski definition) is 3. The average Bonchev–Trinajstić information content (AvgIpc) is 2.45. The molecule has 1 rings (SSSR count). The van der Waals surface area contributed by atoms with Gasteiger partial charge in [-0.15, -0.1) is 0 Å². The molecule has 0 bridgehead atoms. The SMILES string of the molecule is Cc1nn(C)cc1C(=O)NCCC#N. The van der Waals surface area contributed by atoms with Crippen molar-refractivity contribution in [1.82, 2.24) is 15.1 Å². The number of hydrogen-bond donors (Lipinski definition) is 1. The minimum Gasteiger partial charge on any atom is -0.351 e. The Hall–Kier alpha value is -1.83. The van der Waals surface area contributed by atoms with Crippen molar-refractivity contribution in [2.45, 2.75) is 13.3 Å². The van der Waals surface area contributed by atoms with Crippen LogP contribution in [0.4, 0.5) is 0 Å². The molecular weight excluding hydrogens is 180 g/mol. The predicted molar refractivity (Wildman–Crippen MR) is 50.5 cm³/mol. The largest absolute Gasteiger partial charge is 0.351 e. The highest BCUT2D eigenvalue weighted by Gasteiger charge is 2.10. The summed E-state index contributed by atoms with van der Waals surface area (Å²) in [4.78, 5) is 11.5. The van der Waals surface area contributed by atoms with Gasteiger partial charge < -0.3 is 5.32 Å². The van der Waals surface area contributed by atoms with Gasteiger partial charge in [0.2, 0.25) is 0 Å². The summed E-state index contributed by atoms with van der Waals surface area (Å²) in [7, 11) is 1.76. The Morgan fingerprint density at radius 3 is 3.00 bits per heavy atom. The normalized spacial score (nSPS) is 9.50. The van der Waals surface area contributed by atoms with Crippen molar-refractivity contribution in [3.8, 4) is 6.07 Å². The smallest absolute Gasteiger partial charge is 0.254 e. The van der Waals surface area contributed by atoms with Crippen LogP contribution in [0.1, 0.15) is 22.5 Å². The molecule has 5 nitrogen and oxygen atoms in total. The van der Waals surface area contributed by atoms with Crippen LogP contribution in [-0.4, -0.2) is 22.2 Å². The molecule has 1 aromatic rings. The number of nitrogens with one attached hydrogen (secondary N) is 1. The number of amides is 1. The first-order valence-electron chi connectivity index (χ1n) is 4.30. The molecule has 14 heavy (non-hydrogen) atoms. The van der Waals surface area contributed by atoms with Crippen LogP contribution in [0, 0.1) is 18.3 Å². The average molecular weight is 192 g/mol. The zero-order valence-corrected chi connectivity index (χ0v) is 8.24. The van der Waals surface area contributed by atoms with Gasteiger partial charge in [0.05, 0.1) is 23.7 Å². The second-order valence-electron chi connectivity index (χ2n) is 2.97. The van der Waals surface area contributed by atoms with Crippen LogP contribution in [0.2, 0.25) is 0 Å². The molecule has 1 N–H and O–H groups in total. The monoisotopic (exact) mass is 192 g/mol. The van der Waals surface area contributed by atoms with E-state index in [4.69, 9.17) is 5.26 Å². The molecule has 0 unspecified atom stereocenters. The Labute approximate surface area is 82.3 Å². The van der Waals surface area contributed by atoms with E-state index < -0.39 is 0 Å². The number of rotatable bonds is 3. The molecule has 0 saturated carbocycles. The van der Waals surface area contributed by atoms with Gasteiger partial charge in [0.1, 0.15) is 0 Å². The molecule has 0 aliphatic rings. The lowest BCUT2D eigenvalue weighted by atomic mass is 10.2. The van der Waals surface area contributed by atoms with Gasteiger partial charge in [0, 0.05) is 19.8 Å². The maximum absolute atomic E-state index is 11.5. The lowest BCUT2D eigenvalue weighted by Gasteiger charge is -1.99. The van der Waals surface area contributed by atoms with Crippen LogP contribution in [0.25, 0.3) is 0 Å². The standard InChI is InChI=1S/C9H12N4O/c1-7-8(6-13(2)12-7)9(14)11-5-3-4-10/h6H,3,5H2,1-2H3,(H,11,14). The van der Waals surface area contributed by atoms with Crippen molar-refractivity contribution < 1.29 is 4.79 Å². The molecule has 0 aliphatic heterocycles. The van der Waals surface area contributed by atoms with Crippen molar-refractivity contribution in [1.29, 1.82) is 5.26 Å². The predicted octanol–water partition coefficient (Wildman–Crippen LogP) is 0.372. The quantitative estimate of drug-likeness (QED) is 0.703. The number of carbonyl (C=O) groups excluding carboxylic acids is 1. The number of aryl methyl sites for hydroxylation is 2. The third-order valence-corrected chi connectivity index (χ3v) is 1.78. The van der Waals surface area contributed by atoms with Crippen molar-refractivity contribution >= 4 is 5.91 Å². The molecule has 1 heterocycles. The zero-order valence-electron chi connectivity index (χ0n) is 8.24. The summed E-state index contributed by atoms with van der Waals surface area (Å²) in [5, 5.41) is 15.0. The fraction of sp³-hybridized carbons (Fsp3) is 0.444. The summed E-state index contributed by atoms with van der Waals surface area (Å²) in [5.74, 6) is -0.175. The highest BCUT2D eigenvalue weighted by molar-refractivity contribution is 5.94. The molecule has 1 aromatic heterocycles. The van der Waals surface area contributed by atoms with E-state index in [1.54, 1.807) is 24.9 Å². The number of nitriles is 1. The van der Waals surface area contributed by atoms with Gasteiger partial charge in [-0.05, 0) is 6.92 Å². The van der Waals surface area contributed by atoms with Crippen molar-refractivity contribution in [2.75, 3.05) is 6.54 Å². The van der Waals surface area contributed by atoms with Gasteiger partial charge in [-0.25, -0.2) is 0 Å². The van der Waals surface area contributed by atoms with E-state index in [2.05, 4.69) is 10.4 Å². The van der Waals surface area contributed by atoms with Gasteiger partial charge in [0.15, 0.2) is 0 Å². The van der Waals surface area contributed by atoms with E-state index in [9.17, 15) is 4.79 Å². The van der Waals surface area contributed by atoms with Crippen LogP contribution in [0.3, 0.4) is 0 Å². The van der Waals surface area contributed by atoms with Crippen molar-refractivity contribution in [3.05, 3.63) is 17.5 Å². The summed E-state index contributed by atoms with van der Waals surface area (Å²) in [6.07, 6.45) is 1.99. The van der Waals surface area contributed by atoms with Crippen LogP contribution in [0.15, 0.2) is 6.20 Å². The number of nitrogens with zero attached hydrogens (tertiary/aromatic N) is 3. The maximum atomic E-state index is 11.5. The second kappa shape index (κ2) is 4.42. The van der Waals surface area contributed by atoms with Crippen molar-refractivity contribution in [2.24, 2.45) is 7.05 Å². The highest BCUT2D eigenvalue weighted by atomic mass is 16.1. The molecule has 0 fully saturated rings. The third-order valence-electron chi connectivity index (χ3n) is 1.78. The Morgan fingerprint density at radius 1 is 1.79 bits per heavy atom. The Morgan fingerprint density at radius 2 is 2.50 bits per heavy atom. The van der Waals surface area contributed by atoms with Gasteiger partial charge in [-0.2, -0.15) is 10.4 Å². The molecule has 0 atom stereocenters. The summed E-state index contributed by atoms with van der Waals surface area (Å²) in [6.45, 7) is 2.16. The first-order chi connectivity index (χ1) is 6.65. The van der Waals surface area contributed by atoms with E-state index in [0.29, 0.717) is 24.2 Å². The molecule has 0 radical (unpaired) electrons. The fourth-order valence-electron chi connectivity index (χ4n) is 1.15. The van der Waals surface area contributed by atoms with Gasteiger partial charge in [-0.3, -0.25) is 9.48 Å². The van der Waals surface area contributed by atoms with Gasteiger partial charge in [0.25, 0.3) is 5.91 Å². The number of carbonyl (C=O) groups is 1. The third kappa shape index (κ3) is 2.33. The van der Waals surface area contributed by atoms with Crippen molar-refractivity contribution in [3.63, 3.8) is 0 Å². The lowest BCUT2D eigenvalue weighted by molar-refractivity contribution is 0.0954. The Bertz CT molecular complexity index is 375. The molecule has 0 spiro atoms. The van der Waals surface area contributed by atoms with E-state index >= 15 is 0 Å². The molecule has 0 saturated heterocycles. The maximum Gasteiger partial charge on any atom is 0.254 e. The van der Waals surface area contributed by atoms with Crippen LogP contribution < -0.4 is 5.32 Å². The van der Waals surface area contributed by atoms with Crippen LogP contribution >= 0.6 is 0 Å². The highest BCUT2D eigenvalue weighted by Crippen LogP contribution is 2.03. The van der Waals surface area contributed by atoms with E-state index in [-0.39, 0.29) is 5.91 Å². The lowest BCUT2D eigenvalue weighted by Crippen LogP contribution is -2.24. The molecule has 0 aromatic carbocycles. The second-order valence-corrected chi connectivity index (χ2v) is 2.97. The molecule has 5 heteroatoms. The van der Waals surface area contributed by atoms with E-state index in [1.165, 1.54) is 0 Å². The summed E-state index contributed by atoms with van der Waals surface area (Å²) < 4.78 is 1.59. The van der Waals surface area contributed by atoms with Crippen LogP contribution in [-0.2, 0) is 7.05 Å². The molecule has 74 valence electrons. The summed E-state index contributed by atoms with van der Waals surface area (Å²) in [6, 6.07) is 1.96. The zero-order chi connectivity index (χ0) is 10.6. The molecule has 0 aliphatic carbocycles. The summed E-state index contributed by atoms with van der Waals surface area (Å²) >= 11 is 0. The summed E-state index contributed by atoms with van der Waals surface area (Å²) in [5.41, 5.74) is 1.26. The van der Waals surface area contributed by atoms with Gasteiger partial charge in [-0.1, -0.05) is 0 Å². The Balaban J connectivity index is 2.61. The first kappa shape index (κ1) is 10.3. The fourth-order valence-corrected chi connectivity index (χ4v) is 1.15. The number of aromatic nitrogens is 2. The molecule has 1 amide bonds. The van der Waals surface area contributed by atoms with E-state index in [0.717, 1.165) is 0 Å². The topological polar surface area (TPSA) is 70.7 Å².